The first-order chi connectivity index (χ1) is 15.7. The Kier molecular flexibility index (Phi) is 8.17. The summed E-state index contributed by atoms with van der Waals surface area (Å²) in [5, 5.41) is 23.7. The molecule has 0 amide bonds. The van der Waals surface area contributed by atoms with Crippen LogP contribution in [0.15, 0.2) is 23.3 Å². The number of benzene rings is 1. The third kappa shape index (κ3) is 5.76. The number of aliphatic hydroxyl groups excluding tert-OH is 1. The maximum atomic E-state index is 13.4. The fraction of sp³-hybridized carbons (Fsp3) is 0.625. The number of nitrogens with zero attached hydrogens (tertiary/aromatic N) is 1. The first-order valence-corrected chi connectivity index (χ1v) is 15.4. The van der Waals surface area contributed by atoms with Crippen molar-refractivity contribution in [1.29, 1.82) is 0 Å². The maximum absolute atomic E-state index is 13.4. The summed E-state index contributed by atoms with van der Waals surface area (Å²) in [6.45, 7) is 9.41. The number of esters is 2. The molecule has 3 N–H and O–H groups in total. The molecule has 1 saturated carbocycles. The molecule has 182 valence electrons. The van der Waals surface area contributed by atoms with E-state index in [-0.39, 0.29) is 37.4 Å². The highest BCUT2D eigenvalue weighted by atomic mass is 28.3. The number of hydrazone groups is 1. The molecule has 4 atom stereocenters. The molecule has 9 heteroatoms. The molecule has 1 aromatic carbocycles. The molecule has 3 aliphatic carbocycles. The van der Waals surface area contributed by atoms with Gasteiger partial charge in [0, 0.05) is 25.6 Å². The first kappa shape index (κ1) is 25.2. The number of carbonyl (C=O) groups excluding carboxylic acids is 2. The fourth-order valence-electron chi connectivity index (χ4n) is 4.76. The Labute approximate surface area is 196 Å². The van der Waals surface area contributed by atoms with Gasteiger partial charge in [0.25, 0.3) is 0 Å². The molecule has 3 aliphatic rings. The average Bonchev–Trinajstić information content (AvgIpc) is 2.76. The lowest BCUT2D eigenvalue weighted by atomic mass is 9.55. The summed E-state index contributed by atoms with van der Waals surface area (Å²) < 4.78 is 11.2. The van der Waals surface area contributed by atoms with Gasteiger partial charge >= 0.3 is 11.9 Å². The molecular formula is C24H36N2O6Si. The molecule has 0 aromatic heterocycles. The van der Waals surface area contributed by atoms with Crippen LogP contribution < -0.4 is 5.43 Å². The monoisotopic (exact) mass is 476 g/mol. The Morgan fingerprint density at radius 1 is 1.12 bits per heavy atom. The van der Waals surface area contributed by atoms with Crippen molar-refractivity contribution in [2.75, 3.05) is 26.4 Å². The van der Waals surface area contributed by atoms with Gasteiger partial charge in [-0.05, 0) is 42.1 Å². The van der Waals surface area contributed by atoms with Crippen LogP contribution in [0.2, 0.25) is 25.7 Å². The van der Waals surface area contributed by atoms with Crippen molar-refractivity contribution in [3.05, 3.63) is 29.3 Å². The molecule has 1 fully saturated rings. The normalized spacial score (nSPS) is 24.9. The number of fused-ring (bicyclic) bond motifs is 2. The zero-order valence-electron chi connectivity index (χ0n) is 20.0. The highest BCUT2D eigenvalue weighted by molar-refractivity contribution is 6.76. The van der Waals surface area contributed by atoms with E-state index in [1.807, 2.05) is 13.0 Å². The number of rotatable bonds is 10. The Balaban J connectivity index is 2.00. The number of ether oxygens (including phenoxy) is 2. The van der Waals surface area contributed by atoms with Gasteiger partial charge in [0.15, 0.2) is 0 Å². The molecule has 33 heavy (non-hydrogen) atoms. The van der Waals surface area contributed by atoms with Crippen LogP contribution in [0.5, 0.6) is 5.75 Å². The van der Waals surface area contributed by atoms with Crippen molar-refractivity contribution in [2.24, 2.45) is 16.9 Å². The number of hydrogen-bond donors (Lipinski definition) is 3. The van der Waals surface area contributed by atoms with Gasteiger partial charge in [-0.15, -0.1) is 0 Å². The van der Waals surface area contributed by atoms with Gasteiger partial charge in [0.1, 0.15) is 5.75 Å². The van der Waals surface area contributed by atoms with E-state index < -0.39 is 31.8 Å². The van der Waals surface area contributed by atoms with E-state index in [2.05, 4.69) is 30.2 Å². The molecule has 0 heterocycles. The van der Waals surface area contributed by atoms with E-state index in [0.717, 1.165) is 22.9 Å². The predicted octanol–water partition coefficient (Wildman–Crippen LogP) is 2.98. The van der Waals surface area contributed by atoms with Gasteiger partial charge in [0.05, 0.1) is 38.2 Å². The molecule has 0 aliphatic heterocycles. The SMILES string of the molecule is CCCOC(=O)C1C2C(=NNCCO)CC(c3ccc(O)cc32)C1C(=O)OCC[Si](C)(C)C. The number of phenolic OH excluding ortho intramolecular Hbond substituents is 1. The lowest BCUT2D eigenvalue weighted by Gasteiger charge is -2.47. The van der Waals surface area contributed by atoms with E-state index in [1.54, 1.807) is 12.1 Å². The largest absolute Gasteiger partial charge is 0.508 e. The number of nitrogens with one attached hydrogen (secondary N) is 1. The summed E-state index contributed by atoms with van der Waals surface area (Å²) in [6.07, 6.45) is 1.17. The van der Waals surface area contributed by atoms with Crippen LogP contribution in [0.4, 0.5) is 0 Å². The van der Waals surface area contributed by atoms with Crippen LogP contribution in [-0.2, 0) is 19.1 Å². The minimum absolute atomic E-state index is 0.0732. The van der Waals surface area contributed by atoms with E-state index in [4.69, 9.17) is 14.6 Å². The van der Waals surface area contributed by atoms with Gasteiger partial charge < -0.3 is 25.1 Å². The number of aliphatic hydroxyl groups is 1. The summed E-state index contributed by atoms with van der Waals surface area (Å²) >= 11 is 0. The Morgan fingerprint density at radius 2 is 1.82 bits per heavy atom. The predicted molar refractivity (Wildman–Crippen MR) is 128 cm³/mol. The van der Waals surface area contributed by atoms with Crippen molar-refractivity contribution in [3.8, 4) is 5.75 Å². The molecule has 2 bridgehead atoms. The van der Waals surface area contributed by atoms with Gasteiger partial charge in [-0.1, -0.05) is 32.6 Å². The van der Waals surface area contributed by atoms with E-state index in [9.17, 15) is 14.7 Å². The number of phenols is 1. The summed E-state index contributed by atoms with van der Waals surface area (Å²) in [6, 6.07) is 5.95. The topological polar surface area (TPSA) is 117 Å². The standard InChI is InChI=1S/C24H36N2O6Si/c1-5-10-31-24(30)22-20-17-13-15(28)6-7-16(17)18(14-19(20)26-25-8-9-27)21(22)23(29)32-11-12-33(2,3)4/h6-7,13,18,20-22,25,27-28H,5,8-12,14H2,1-4H3. The Bertz CT molecular complexity index is 897. The molecule has 0 radical (unpaired) electrons. The third-order valence-electron chi connectivity index (χ3n) is 6.31. The van der Waals surface area contributed by atoms with Crippen LogP contribution >= 0.6 is 0 Å². The highest BCUT2D eigenvalue weighted by Crippen LogP contribution is 2.55. The molecule has 4 unspecified atom stereocenters. The van der Waals surface area contributed by atoms with Crippen molar-refractivity contribution < 1.29 is 29.3 Å². The molecule has 4 rings (SSSR count). The Morgan fingerprint density at radius 3 is 2.48 bits per heavy atom. The van der Waals surface area contributed by atoms with Crippen molar-refractivity contribution >= 4 is 25.7 Å². The van der Waals surface area contributed by atoms with Gasteiger partial charge in [-0.2, -0.15) is 5.10 Å². The van der Waals surface area contributed by atoms with Crippen LogP contribution in [0, 0.1) is 11.8 Å². The number of hydrogen-bond acceptors (Lipinski definition) is 8. The zero-order chi connectivity index (χ0) is 24.2. The smallest absolute Gasteiger partial charge is 0.310 e. The zero-order valence-corrected chi connectivity index (χ0v) is 21.0. The Hall–Kier alpha value is -2.39. The van der Waals surface area contributed by atoms with E-state index in [0.29, 0.717) is 19.4 Å². The maximum Gasteiger partial charge on any atom is 0.310 e. The second-order valence-electron chi connectivity index (χ2n) is 10.0. The summed E-state index contributed by atoms with van der Waals surface area (Å²) in [5.41, 5.74) is 5.29. The van der Waals surface area contributed by atoms with Crippen LogP contribution in [0.3, 0.4) is 0 Å². The van der Waals surface area contributed by atoms with Gasteiger partial charge in [-0.25, -0.2) is 0 Å². The molecular weight excluding hydrogens is 440 g/mol. The van der Waals surface area contributed by atoms with Gasteiger partial charge in [-0.3, -0.25) is 9.59 Å². The van der Waals surface area contributed by atoms with Crippen molar-refractivity contribution in [1.82, 2.24) is 5.43 Å². The molecule has 8 nitrogen and oxygen atoms in total. The quantitative estimate of drug-likeness (QED) is 0.206. The average molecular weight is 477 g/mol. The fourth-order valence-corrected chi connectivity index (χ4v) is 5.47. The van der Waals surface area contributed by atoms with Crippen molar-refractivity contribution in [2.45, 2.75) is 57.3 Å². The molecule has 1 aromatic rings. The second kappa shape index (κ2) is 10.7. The van der Waals surface area contributed by atoms with Gasteiger partial charge in [0.2, 0.25) is 0 Å². The minimum atomic E-state index is -1.38. The molecule has 0 spiro atoms. The lowest BCUT2D eigenvalue weighted by Crippen LogP contribution is -2.51. The van der Waals surface area contributed by atoms with E-state index in [1.165, 1.54) is 0 Å². The van der Waals surface area contributed by atoms with Crippen LogP contribution in [0.25, 0.3) is 0 Å². The van der Waals surface area contributed by atoms with Crippen LogP contribution in [-0.4, -0.2) is 62.3 Å². The summed E-state index contributed by atoms with van der Waals surface area (Å²) in [4.78, 5) is 26.6. The van der Waals surface area contributed by atoms with Crippen molar-refractivity contribution in [3.63, 3.8) is 0 Å². The number of aromatic hydroxyl groups is 1. The number of carbonyl (C=O) groups is 2. The molecule has 0 saturated heterocycles. The minimum Gasteiger partial charge on any atom is -0.508 e. The highest BCUT2D eigenvalue weighted by Gasteiger charge is 2.57. The third-order valence-corrected chi connectivity index (χ3v) is 8.01. The first-order valence-electron chi connectivity index (χ1n) is 11.7. The van der Waals surface area contributed by atoms with E-state index >= 15 is 0 Å². The second-order valence-corrected chi connectivity index (χ2v) is 15.7. The summed E-state index contributed by atoms with van der Waals surface area (Å²) in [5.74, 6) is -2.99. The van der Waals surface area contributed by atoms with Crippen LogP contribution in [0.1, 0.15) is 42.7 Å². The lowest BCUT2D eigenvalue weighted by molar-refractivity contribution is -0.163. The summed E-state index contributed by atoms with van der Waals surface area (Å²) in [7, 11) is -1.38.